The van der Waals surface area contributed by atoms with E-state index in [0.717, 1.165) is 24.3 Å². The van der Waals surface area contributed by atoms with Gasteiger partial charge in [-0.25, -0.2) is 4.39 Å². The molecule has 0 N–H and O–H groups in total. The number of rotatable bonds is 2. The van der Waals surface area contributed by atoms with E-state index in [1.54, 1.807) is 6.07 Å². The van der Waals surface area contributed by atoms with Crippen LogP contribution in [0.1, 0.15) is 37.7 Å². The Labute approximate surface area is 111 Å². The highest BCUT2D eigenvalue weighted by Crippen LogP contribution is 2.27. The Morgan fingerprint density at radius 2 is 1.71 bits per heavy atom. The lowest BCUT2D eigenvalue weighted by Crippen LogP contribution is -2.28. The Hall–Kier alpha value is -0.570. The molecule has 0 radical (unpaired) electrons. The van der Waals surface area contributed by atoms with E-state index in [-0.39, 0.29) is 5.82 Å². The molecule has 0 spiro atoms. The SMILES string of the molecule is Fc1cccc(N2CCCCCCC2)c1CBr. The van der Waals surface area contributed by atoms with Crippen LogP contribution in [-0.4, -0.2) is 13.1 Å². The van der Waals surface area contributed by atoms with Crippen LogP contribution < -0.4 is 4.90 Å². The van der Waals surface area contributed by atoms with Gasteiger partial charge in [0.2, 0.25) is 0 Å². The standard InChI is InChI=1S/C14H19BrFN/c15-11-12-13(16)7-6-8-14(12)17-9-4-2-1-3-5-10-17/h6-8H,1-5,9-11H2. The fourth-order valence-electron chi connectivity index (χ4n) is 2.46. The van der Waals surface area contributed by atoms with Gasteiger partial charge >= 0.3 is 0 Å². The van der Waals surface area contributed by atoms with Crippen molar-refractivity contribution >= 4 is 21.6 Å². The van der Waals surface area contributed by atoms with Crippen LogP contribution in [0.3, 0.4) is 0 Å². The Morgan fingerprint density at radius 1 is 1.06 bits per heavy atom. The molecule has 0 aliphatic carbocycles. The lowest BCUT2D eigenvalue weighted by Gasteiger charge is -2.28. The molecule has 1 nitrogen and oxygen atoms in total. The summed E-state index contributed by atoms with van der Waals surface area (Å²) < 4.78 is 13.7. The van der Waals surface area contributed by atoms with Gasteiger partial charge < -0.3 is 4.90 Å². The number of hydrogen-bond donors (Lipinski definition) is 0. The molecular weight excluding hydrogens is 281 g/mol. The largest absolute Gasteiger partial charge is 0.371 e. The second-order valence-corrected chi connectivity index (χ2v) is 5.19. The van der Waals surface area contributed by atoms with E-state index in [0.29, 0.717) is 5.33 Å². The molecule has 1 saturated heterocycles. The van der Waals surface area contributed by atoms with Crippen molar-refractivity contribution in [2.24, 2.45) is 0 Å². The molecule has 2 rings (SSSR count). The first-order valence-corrected chi connectivity index (χ1v) is 7.53. The molecular formula is C14H19BrFN. The zero-order valence-corrected chi connectivity index (χ0v) is 11.7. The van der Waals surface area contributed by atoms with Crippen LogP contribution >= 0.6 is 15.9 Å². The van der Waals surface area contributed by atoms with Gasteiger partial charge in [0, 0.05) is 29.7 Å². The maximum Gasteiger partial charge on any atom is 0.129 e. The first kappa shape index (κ1) is 12.9. The summed E-state index contributed by atoms with van der Waals surface area (Å²) in [5, 5.41) is 0.589. The minimum Gasteiger partial charge on any atom is -0.371 e. The molecule has 0 amide bonds. The fourth-order valence-corrected chi connectivity index (χ4v) is 3.02. The van der Waals surface area contributed by atoms with Gasteiger partial charge in [0.05, 0.1) is 0 Å². The van der Waals surface area contributed by atoms with Gasteiger partial charge in [0.15, 0.2) is 0 Å². The Bertz CT molecular complexity index is 359. The van der Waals surface area contributed by atoms with E-state index in [4.69, 9.17) is 0 Å². The second kappa shape index (κ2) is 6.39. The number of benzene rings is 1. The third-order valence-corrected chi connectivity index (χ3v) is 3.99. The first-order valence-electron chi connectivity index (χ1n) is 6.41. The number of halogens is 2. The van der Waals surface area contributed by atoms with Crippen molar-refractivity contribution in [3.8, 4) is 0 Å². The summed E-state index contributed by atoms with van der Waals surface area (Å²) in [6.45, 7) is 2.12. The van der Waals surface area contributed by atoms with Gasteiger partial charge in [0.1, 0.15) is 5.82 Å². The highest BCUT2D eigenvalue weighted by molar-refractivity contribution is 9.08. The monoisotopic (exact) mass is 299 g/mol. The van der Waals surface area contributed by atoms with Crippen LogP contribution in [0.25, 0.3) is 0 Å². The van der Waals surface area contributed by atoms with E-state index in [2.05, 4.69) is 20.8 Å². The van der Waals surface area contributed by atoms with Crippen molar-refractivity contribution in [2.75, 3.05) is 18.0 Å². The summed E-state index contributed by atoms with van der Waals surface area (Å²) in [4.78, 5) is 2.35. The molecule has 1 aliphatic rings. The van der Waals surface area contributed by atoms with Crippen LogP contribution in [0.2, 0.25) is 0 Å². The maximum absolute atomic E-state index is 13.7. The summed E-state index contributed by atoms with van der Waals surface area (Å²) >= 11 is 3.39. The predicted molar refractivity (Wildman–Crippen MR) is 74.3 cm³/mol. The predicted octanol–water partition coefficient (Wildman–Crippen LogP) is 4.49. The molecule has 0 bridgehead atoms. The van der Waals surface area contributed by atoms with Crippen LogP contribution in [0.4, 0.5) is 10.1 Å². The van der Waals surface area contributed by atoms with E-state index in [9.17, 15) is 4.39 Å². The van der Waals surface area contributed by atoms with Crippen molar-refractivity contribution in [1.82, 2.24) is 0 Å². The Balaban J connectivity index is 2.21. The molecule has 1 heterocycles. The van der Waals surface area contributed by atoms with Crippen LogP contribution in [0.15, 0.2) is 18.2 Å². The summed E-state index contributed by atoms with van der Waals surface area (Å²) in [7, 11) is 0. The number of alkyl halides is 1. The zero-order valence-electron chi connectivity index (χ0n) is 10.1. The lowest BCUT2D eigenvalue weighted by atomic mass is 10.1. The van der Waals surface area contributed by atoms with Crippen molar-refractivity contribution in [3.05, 3.63) is 29.6 Å². The average Bonchev–Trinajstić information content (AvgIpc) is 2.28. The van der Waals surface area contributed by atoms with Crippen molar-refractivity contribution in [1.29, 1.82) is 0 Å². The smallest absolute Gasteiger partial charge is 0.129 e. The maximum atomic E-state index is 13.7. The van der Waals surface area contributed by atoms with Crippen molar-refractivity contribution < 1.29 is 4.39 Å². The van der Waals surface area contributed by atoms with Gasteiger partial charge in [-0.15, -0.1) is 0 Å². The molecule has 0 saturated carbocycles. The molecule has 1 aliphatic heterocycles. The van der Waals surface area contributed by atoms with Gasteiger partial charge in [-0.1, -0.05) is 41.3 Å². The number of hydrogen-bond acceptors (Lipinski definition) is 1. The van der Waals surface area contributed by atoms with Crippen LogP contribution in [-0.2, 0) is 5.33 Å². The Morgan fingerprint density at radius 3 is 2.35 bits per heavy atom. The number of anilines is 1. The van der Waals surface area contributed by atoms with Gasteiger partial charge in [-0.2, -0.15) is 0 Å². The van der Waals surface area contributed by atoms with E-state index in [1.807, 2.05) is 12.1 Å². The zero-order chi connectivity index (χ0) is 12.1. The average molecular weight is 300 g/mol. The molecule has 3 heteroatoms. The molecule has 1 aromatic carbocycles. The number of nitrogens with zero attached hydrogens (tertiary/aromatic N) is 1. The molecule has 0 atom stereocenters. The lowest BCUT2D eigenvalue weighted by molar-refractivity contribution is 0.553. The summed E-state index contributed by atoms with van der Waals surface area (Å²) in [5.74, 6) is -0.0959. The van der Waals surface area contributed by atoms with Gasteiger partial charge in [-0.05, 0) is 25.0 Å². The minimum atomic E-state index is -0.0959. The summed E-state index contributed by atoms with van der Waals surface area (Å²) in [5.41, 5.74) is 1.87. The third kappa shape index (κ3) is 3.21. The molecule has 0 unspecified atom stereocenters. The quantitative estimate of drug-likeness (QED) is 0.727. The van der Waals surface area contributed by atoms with E-state index in [1.165, 1.54) is 32.1 Å². The summed E-state index contributed by atoms with van der Waals surface area (Å²) in [6.07, 6.45) is 6.39. The Kier molecular flexibility index (Phi) is 4.84. The topological polar surface area (TPSA) is 3.24 Å². The highest BCUT2D eigenvalue weighted by atomic mass is 79.9. The third-order valence-electron chi connectivity index (χ3n) is 3.42. The molecule has 1 fully saturated rings. The molecule has 0 aromatic heterocycles. The normalized spacial score (nSPS) is 17.6. The van der Waals surface area contributed by atoms with Gasteiger partial charge in [-0.3, -0.25) is 0 Å². The molecule has 17 heavy (non-hydrogen) atoms. The first-order chi connectivity index (χ1) is 8.33. The summed E-state index contributed by atoms with van der Waals surface area (Å²) in [6, 6.07) is 5.40. The fraction of sp³-hybridized carbons (Fsp3) is 0.571. The van der Waals surface area contributed by atoms with Crippen LogP contribution in [0.5, 0.6) is 0 Å². The van der Waals surface area contributed by atoms with Gasteiger partial charge in [0.25, 0.3) is 0 Å². The molecule has 1 aromatic rings. The van der Waals surface area contributed by atoms with Crippen molar-refractivity contribution in [3.63, 3.8) is 0 Å². The molecule has 94 valence electrons. The minimum absolute atomic E-state index is 0.0959. The van der Waals surface area contributed by atoms with E-state index < -0.39 is 0 Å². The highest BCUT2D eigenvalue weighted by Gasteiger charge is 2.14. The van der Waals surface area contributed by atoms with E-state index >= 15 is 0 Å². The van der Waals surface area contributed by atoms with Crippen molar-refractivity contribution in [2.45, 2.75) is 37.4 Å². The second-order valence-electron chi connectivity index (χ2n) is 4.63. The van der Waals surface area contributed by atoms with Crippen LogP contribution in [0, 0.1) is 5.82 Å².